The summed E-state index contributed by atoms with van der Waals surface area (Å²) in [6, 6.07) is 27.2. The van der Waals surface area contributed by atoms with Crippen molar-refractivity contribution in [2.75, 3.05) is 0 Å². The summed E-state index contributed by atoms with van der Waals surface area (Å²) in [4.78, 5) is 0. The van der Waals surface area contributed by atoms with Crippen LogP contribution in [0.1, 0.15) is 37.9 Å². The molecule has 0 saturated heterocycles. The second-order valence-electron chi connectivity index (χ2n) is 9.09. The van der Waals surface area contributed by atoms with Gasteiger partial charge in [-0.25, -0.2) is 0 Å². The Bertz CT molecular complexity index is 1400. The van der Waals surface area contributed by atoms with Gasteiger partial charge in [0.15, 0.2) is 0 Å². The van der Waals surface area contributed by atoms with Crippen molar-refractivity contribution in [1.82, 2.24) is 9.78 Å². The van der Waals surface area contributed by atoms with Crippen LogP contribution in [0.5, 0.6) is 0 Å². The predicted octanol–water partition coefficient (Wildman–Crippen LogP) is 7.44. The van der Waals surface area contributed by atoms with Crippen molar-refractivity contribution in [3.8, 4) is 23.1 Å². The van der Waals surface area contributed by atoms with Crippen molar-refractivity contribution in [3.63, 3.8) is 0 Å². The van der Waals surface area contributed by atoms with Crippen molar-refractivity contribution in [1.29, 1.82) is 0 Å². The molecule has 4 nitrogen and oxygen atoms in total. The molecule has 190 valence electrons. The molecule has 0 saturated carbocycles. The first-order valence-corrected chi connectivity index (χ1v) is 15.0. The van der Waals surface area contributed by atoms with E-state index in [1.54, 1.807) is 0 Å². The fourth-order valence-electron chi connectivity index (χ4n) is 4.18. The Labute approximate surface area is 228 Å². The summed E-state index contributed by atoms with van der Waals surface area (Å²) in [6.07, 6.45) is 1.22. The highest BCUT2D eigenvalue weighted by molar-refractivity contribution is 9.10. The molecule has 0 aliphatic heterocycles. The van der Waals surface area contributed by atoms with Gasteiger partial charge in [0.2, 0.25) is 0 Å². The van der Waals surface area contributed by atoms with Gasteiger partial charge in [0.05, 0.1) is 10.2 Å². The van der Waals surface area contributed by atoms with E-state index in [-0.39, 0.29) is 0 Å². The quantitative estimate of drug-likeness (QED) is 0.162. The molecule has 0 spiro atoms. The number of hydrogen-bond donors (Lipinski definition) is 0. The largest absolute Gasteiger partial charge is 0.302 e. The molecular formula is C31H32BrN2O2P. The summed E-state index contributed by atoms with van der Waals surface area (Å²) in [5.74, 6) is 6.65. The maximum absolute atomic E-state index is 14.6. The molecule has 0 unspecified atom stereocenters. The van der Waals surface area contributed by atoms with Gasteiger partial charge in [-0.1, -0.05) is 91.9 Å². The van der Waals surface area contributed by atoms with Crippen molar-refractivity contribution < 1.29 is 9.09 Å². The smallest absolute Gasteiger partial charge is 0.262 e. The molecule has 0 aliphatic carbocycles. The van der Waals surface area contributed by atoms with Crippen LogP contribution in [-0.2, 0) is 15.6 Å². The van der Waals surface area contributed by atoms with Gasteiger partial charge in [-0.05, 0) is 66.9 Å². The average Bonchev–Trinajstić information content (AvgIpc) is 3.22. The Hall–Kier alpha value is -2.90. The fourth-order valence-corrected chi connectivity index (χ4v) is 7.12. The average molecular weight is 575 g/mol. The summed E-state index contributed by atoms with van der Waals surface area (Å²) >= 11 is 3.71. The minimum absolute atomic E-state index is 0.405. The highest BCUT2D eigenvalue weighted by atomic mass is 79.9. The maximum atomic E-state index is 14.6. The van der Waals surface area contributed by atoms with E-state index in [9.17, 15) is 4.57 Å². The number of aromatic nitrogens is 2. The molecule has 0 radical (unpaired) electrons. The van der Waals surface area contributed by atoms with Crippen LogP contribution >= 0.6 is 23.3 Å². The number of hydrogen-bond acceptors (Lipinski definition) is 3. The molecule has 0 atom stereocenters. The van der Waals surface area contributed by atoms with Crippen LogP contribution in [0.4, 0.5) is 0 Å². The first-order valence-electron chi connectivity index (χ1n) is 12.5. The first kappa shape index (κ1) is 27.1. The summed E-state index contributed by atoms with van der Waals surface area (Å²) < 4.78 is 24.0. The Kier molecular flexibility index (Phi) is 8.55. The minimum Gasteiger partial charge on any atom is -0.302 e. The van der Waals surface area contributed by atoms with Crippen molar-refractivity contribution >= 4 is 33.9 Å². The molecular weight excluding hydrogens is 543 g/mol. The SMILES string of the molecule is CCC(C#CCn1nc(-c2ccc(C)cc2)c(Br)c1C)(CC)OP(=O)(c1ccccc1)c1ccccc1. The number of aryl methyl sites for hydroxylation is 1. The molecule has 4 rings (SSSR count). The molecule has 0 bridgehead atoms. The van der Waals surface area contributed by atoms with Gasteiger partial charge in [0.1, 0.15) is 17.8 Å². The number of nitrogens with zero attached hydrogens (tertiary/aromatic N) is 2. The fraction of sp³-hybridized carbons (Fsp3) is 0.258. The van der Waals surface area contributed by atoms with E-state index in [1.165, 1.54) is 5.56 Å². The summed E-state index contributed by atoms with van der Waals surface area (Å²) in [7, 11) is -3.38. The minimum atomic E-state index is -3.38. The van der Waals surface area contributed by atoms with E-state index in [1.807, 2.05) is 86.1 Å². The third-order valence-corrected chi connectivity index (χ3v) is 10.2. The molecule has 0 fully saturated rings. The van der Waals surface area contributed by atoms with Gasteiger partial charge < -0.3 is 4.52 Å². The summed E-state index contributed by atoms with van der Waals surface area (Å²) in [5.41, 5.74) is 3.30. The van der Waals surface area contributed by atoms with E-state index < -0.39 is 13.0 Å². The molecule has 1 heterocycles. The molecule has 1 aromatic heterocycles. The molecule has 0 amide bonds. The van der Waals surface area contributed by atoms with Gasteiger partial charge in [0.25, 0.3) is 7.37 Å². The lowest BCUT2D eigenvalue weighted by Gasteiger charge is -2.32. The monoisotopic (exact) mass is 574 g/mol. The van der Waals surface area contributed by atoms with Crippen LogP contribution in [0.15, 0.2) is 89.4 Å². The van der Waals surface area contributed by atoms with Crippen molar-refractivity contribution in [3.05, 3.63) is 101 Å². The second kappa shape index (κ2) is 11.7. The lowest BCUT2D eigenvalue weighted by molar-refractivity contribution is 0.131. The van der Waals surface area contributed by atoms with E-state index in [2.05, 4.69) is 59.0 Å². The zero-order valence-electron chi connectivity index (χ0n) is 21.7. The maximum Gasteiger partial charge on any atom is 0.262 e. The van der Waals surface area contributed by atoms with E-state index in [0.29, 0.717) is 30.0 Å². The van der Waals surface area contributed by atoms with Crippen molar-refractivity contribution in [2.45, 2.75) is 52.7 Å². The zero-order valence-corrected chi connectivity index (χ0v) is 24.2. The zero-order chi connectivity index (χ0) is 26.5. The lowest BCUT2D eigenvalue weighted by atomic mass is 9.98. The number of benzene rings is 3. The van der Waals surface area contributed by atoms with Crippen LogP contribution in [0.25, 0.3) is 11.3 Å². The van der Waals surface area contributed by atoms with Gasteiger partial charge in [-0.3, -0.25) is 9.25 Å². The number of rotatable bonds is 8. The predicted molar refractivity (Wildman–Crippen MR) is 157 cm³/mol. The van der Waals surface area contributed by atoms with Crippen molar-refractivity contribution in [2.24, 2.45) is 0 Å². The standard InChI is InChI=1S/C31H32BrN2O2P/c1-5-31(6-2,36-37(35,27-14-9-7-10-15-27)28-16-11-8-12-17-28)22-13-23-34-25(4)29(32)30(33-34)26-20-18-24(3)19-21-26/h7-12,14-21H,5-6,23H2,1-4H3. The summed E-state index contributed by atoms with van der Waals surface area (Å²) in [6.45, 7) is 8.57. The first-order chi connectivity index (χ1) is 17.8. The van der Waals surface area contributed by atoms with Crippen LogP contribution < -0.4 is 10.6 Å². The molecule has 37 heavy (non-hydrogen) atoms. The topological polar surface area (TPSA) is 44.1 Å². The third-order valence-electron chi connectivity index (χ3n) is 6.64. The van der Waals surface area contributed by atoms with Gasteiger partial charge in [-0.2, -0.15) is 5.10 Å². The van der Waals surface area contributed by atoms with E-state index in [0.717, 1.165) is 21.4 Å². The van der Waals surface area contributed by atoms with Gasteiger partial charge in [0, 0.05) is 16.2 Å². The normalized spacial score (nSPS) is 11.7. The molecule has 3 aromatic carbocycles. The van der Waals surface area contributed by atoms with Gasteiger partial charge >= 0.3 is 0 Å². The van der Waals surface area contributed by atoms with Crippen LogP contribution in [-0.4, -0.2) is 15.4 Å². The summed E-state index contributed by atoms with van der Waals surface area (Å²) in [5, 5.41) is 6.16. The molecule has 0 aliphatic rings. The Balaban J connectivity index is 1.66. The Morgan fingerprint density at radius 1 is 0.892 bits per heavy atom. The Morgan fingerprint density at radius 3 is 1.95 bits per heavy atom. The Morgan fingerprint density at radius 2 is 1.43 bits per heavy atom. The van der Waals surface area contributed by atoms with Crippen LogP contribution in [0.2, 0.25) is 0 Å². The van der Waals surface area contributed by atoms with Crippen LogP contribution in [0.3, 0.4) is 0 Å². The van der Waals surface area contributed by atoms with E-state index in [4.69, 9.17) is 9.62 Å². The van der Waals surface area contributed by atoms with E-state index >= 15 is 0 Å². The molecule has 6 heteroatoms. The number of halogens is 1. The lowest BCUT2D eigenvalue weighted by Crippen LogP contribution is -2.33. The highest BCUT2D eigenvalue weighted by Gasteiger charge is 2.38. The highest BCUT2D eigenvalue weighted by Crippen LogP contribution is 2.49. The second-order valence-corrected chi connectivity index (χ2v) is 12.2. The molecule has 0 N–H and O–H groups in total. The van der Waals surface area contributed by atoms with Crippen LogP contribution in [0, 0.1) is 25.7 Å². The van der Waals surface area contributed by atoms with Gasteiger partial charge in [-0.15, -0.1) is 0 Å². The third kappa shape index (κ3) is 5.83. The molecule has 4 aromatic rings.